The predicted octanol–water partition coefficient (Wildman–Crippen LogP) is 2.66. The second kappa shape index (κ2) is 16.8. The minimum absolute atomic E-state index is 0.118. The van der Waals surface area contributed by atoms with Crippen molar-refractivity contribution in [1.82, 2.24) is 15.0 Å². The first-order chi connectivity index (χ1) is 23.6. The van der Waals surface area contributed by atoms with Gasteiger partial charge in [-0.3, -0.25) is 4.79 Å². The number of carbonyl (C=O) groups excluding carboxylic acids is 1. The maximum absolute atomic E-state index is 13.4. The average Bonchev–Trinajstić information content (AvgIpc) is 3.05. The highest BCUT2D eigenvalue weighted by atomic mass is 16.5. The van der Waals surface area contributed by atoms with E-state index in [2.05, 4.69) is 34.4 Å². The largest absolute Gasteiger partial charge is 0.506 e. The fourth-order valence-corrected chi connectivity index (χ4v) is 5.97. The lowest BCUT2D eigenvalue weighted by Crippen LogP contribution is -2.54. The maximum atomic E-state index is 13.4. The number of nitrogens with one attached hydrogen (secondary N) is 2. The van der Waals surface area contributed by atoms with Gasteiger partial charge < -0.3 is 57.9 Å². The molecule has 15 heteroatoms. The van der Waals surface area contributed by atoms with Gasteiger partial charge in [0.2, 0.25) is 17.8 Å². The summed E-state index contributed by atoms with van der Waals surface area (Å²) in [6, 6.07) is 9.48. The van der Waals surface area contributed by atoms with E-state index < -0.39 is 5.91 Å². The Hall–Kier alpha value is -4.44. The topological polar surface area (TPSA) is 229 Å². The molecule has 3 aromatic rings. The molecule has 1 aromatic heterocycles. The van der Waals surface area contributed by atoms with Crippen molar-refractivity contribution in [3.8, 4) is 17.2 Å². The zero-order valence-corrected chi connectivity index (χ0v) is 28.5. The van der Waals surface area contributed by atoms with Gasteiger partial charge in [-0.1, -0.05) is 26.7 Å². The number of aromatic hydroxyl groups is 1. The molecular formula is C34H51N11O4. The molecule has 3 heterocycles. The van der Waals surface area contributed by atoms with Crippen LogP contribution in [0.4, 0.5) is 29.2 Å². The highest BCUT2D eigenvalue weighted by molar-refractivity contribution is 6.07. The normalized spacial score (nSPS) is 20.9. The number of nitrogens with zero attached hydrogens (tertiary/aromatic N) is 5. The Kier molecular flexibility index (Phi) is 12.3. The molecule has 2 fully saturated rings. The van der Waals surface area contributed by atoms with Gasteiger partial charge in [-0.2, -0.15) is 15.0 Å². The van der Waals surface area contributed by atoms with Gasteiger partial charge in [-0.15, -0.1) is 0 Å². The summed E-state index contributed by atoms with van der Waals surface area (Å²) in [5.41, 5.74) is 26.2. The van der Waals surface area contributed by atoms with E-state index in [9.17, 15) is 9.90 Å². The smallest absolute Gasteiger partial charge is 0.259 e. The number of anilines is 5. The van der Waals surface area contributed by atoms with Crippen molar-refractivity contribution in [2.24, 2.45) is 22.9 Å². The highest BCUT2D eigenvalue weighted by Crippen LogP contribution is 2.32. The van der Waals surface area contributed by atoms with E-state index in [0.717, 1.165) is 25.7 Å². The second-order valence-corrected chi connectivity index (χ2v) is 13.0. The van der Waals surface area contributed by atoms with Crippen LogP contribution >= 0.6 is 0 Å². The van der Waals surface area contributed by atoms with Crippen LogP contribution in [0.5, 0.6) is 17.2 Å². The van der Waals surface area contributed by atoms with Gasteiger partial charge in [-0.25, -0.2) is 0 Å². The molecule has 2 aromatic carbocycles. The van der Waals surface area contributed by atoms with Gasteiger partial charge in [0, 0.05) is 68.2 Å². The number of nitrogens with two attached hydrogens (primary N) is 4. The number of aromatic nitrogens is 3. The number of piperidine rings is 2. The number of phenols is 1. The molecule has 0 unspecified atom stereocenters. The van der Waals surface area contributed by atoms with E-state index in [1.54, 1.807) is 30.3 Å². The Morgan fingerprint density at radius 1 is 0.816 bits per heavy atom. The Labute approximate surface area is 287 Å². The Morgan fingerprint density at radius 3 is 1.94 bits per heavy atom. The van der Waals surface area contributed by atoms with Crippen LogP contribution in [0.1, 0.15) is 62.7 Å². The minimum atomic E-state index is -0.426. The van der Waals surface area contributed by atoms with Crippen molar-refractivity contribution < 1.29 is 19.4 Å². The van der Waals surface area contributed by atoms with Crippen LogP contribution in [-0.4, -0.2) is 89.5 Å². The van der Waals surface area contributed by atoms with Crippen molar-refractivity contribution >= 4 is 35.1 Å². The lowest BCUT2D eigenvalue weighted by atomic mass is 10.0. The number of amides is 1. The van der Waals surface area contributed by atoms with Crippen molar-refractivity contribution in [3.05, 3.63) is 42.0 Å². The summed E-state index contributed by atoms with van der Waals surface area (Å²) in [6.07, 6.45) is 5.17. The highest BCUT2D eigenvalue weighted by Gasteiger charge is 2.29. The molecule has 49 heavy (non-hydrogen) atoms. The zero-order valence-electron chi connectivity index (χ0n) is 28.5. The summed E-state index contributed by atoms with van der Waals surface area (Å²) in [6.45, 7) is 7.40. The van der Waals surface area contributed by atoms with E-state index in [1.807, 2.05) is 9.80 Å². The molecule has 2 aliphatic rings. The summed E-state index contributed by atoms with van der Waals surface area (Å²) < 4.78 is 11.8. The third kappa shape index (κ3) is 9.81. The fourth-order valence-electron chi connectivity index (χ4n) is 5.97. The van der Waals surface area contributed by atoms with Crippen LogP contribution in [0.15, 0.2) is 36.4 Å². The molecule has 15 nitrogen and oxygen atoms in total. The molecular weight excluding hydrogens is 626 g/mol. The SMILES string of the molecule is CCCCOc1ccc(C(=O)Nc2ccc(Nc3nc(N4C[C@H](N)C[C@H](N)C4)nc(N4C[C@H](N)C[C@H](N)C4)n3)cc2O)c(OCCCC)c1. The number of rotatable bonds is 14. The van der Waals surface area contributed by atoms with Gasteiger partial charge >= 0.3 is 0 Å². The summed E-state index contributed by atoms with van der Waals surface area (Å²) in [4.78, 5) is 31.4. The van der Waals surface area contributed by atoms with Crippen LogP contribution in [0.3, 0.4) is 0 Å². The molecule has 0 radical (unpaired) electrons. The second-order valence-electron chi connectivity index (χ2n) is 13.0. The lowest BCUT2D eigenvalue weighted by molar-refractivity contribution is 0.102. The van der Waals surface area contributed by atoms with E-state index in [0.29, 0.717) is 86.9 Å². The van der Waals surface area contributed by atoms with Crippen LogP contribution in [0.25, 0.3) is 0 Å². The molecule has 0 bridgehead atoms. The van der Waals surface area contributed by atoms with Crippen molar-refractivity contribution in [2.75, 3.05) is 59.8 Å². The minimum Gasteiger partial charge on any atom is -0.506 e. The molecule has 5 rings (SSSR count). The fraction of sp³-hybridized carbons (Fsp3) is 0.529. The molecule has 4 atom stereocenters. The number of unbranched alkanes of at least 4 members (excludes halogenated alkanes) is 2. The molecule has 0 spiro atoms. The summed E-state index contributed by atoms with van der Waals surface area (Å²) >= 11 is 0. The number of phenolic OH excluding ortho intramolecular Hbond substituents is 1. The molecule has 2 aliphatic heterocycles. The van der Waals surface area contributed by atoms with Gasteiger partial charge in [-0.05, 0) is 49.9 Å². The number of benzene rings is 2. The first kappa shape index (κ1) is 35.9. The van der Waals surface area contributed by atoms with Crippen LogP contribution < -0.4 is 52.8 Å². The lowest BCUT2D eigenvalue weighted by Gasteiger charge is -2.37. The third-order valence-corrected chi connectivity index (χ3v) is 8.43. The molecule has 266 valence electrons. The summed E-state index contributed by atoms with van der Waals surface area (Å²) in [5, 5.41) is 17.0. The average molecular weight is 678 g/mol. The monoisotopic (exact) mass is 677 g/mol. The van der Waals surface area contributed by atoms with E-state index >= 15 is 0 Å². The summed E-state index contributed by atoms with van der Waals surface area (Å²) in [5.74, 6) is 1.59. The zero-order chi connectivity index (χ0) is 34.9. The molecule has 1 amide bonds. The maximum Gasteiger partial charge on any atom is 0.259 e. The number of ether oxygens (including phenoxy) is 2. The Morgan fingerprint density at radius 2 is 1.39 bits per heavy atom. The Balaban J connectivity index is 1.35. The van der Waals surface area contributed by atoms with E-state index in [-0.39, 0.29) is 41.6 Å². The van der Waals surface area contributed by atoms with Crippen molar-refractivity contribution in [3.63, 3.8) is 0 Å². The van der Waals surface area contributed by atoms with Gasteiger partial charge in [0.15, 0.2) is 0 Å². The van der Waals surface area contributed by atoms with Crippen LogP contribution in [0, 0.1) is 0 Å². The predicted molar refractivity (Wildman–Crippen MR) is 192 cm³/mol. The standard InChI is InChI=1S/C34H51N11O4/c1-3-5-11-48-26-8-9-27(30(16-26)49-12-6-4-2)31(47)40-28-10-7-25(15-29(28)46)39-32-41-33(44-17-21(35)13-22(36)18-44)43-34(42-32)45-19-23(37)14-24(38)20-45/h7-10,15-16,21-24,46H,3-6,11-14,17-20,35-38H2,1-2H3,(H,40,47)(H,39,41,42,43)/t21-,22+,23-,24+. The van der Waals surface area contributed by atoms with Crippen LogP contribution in [0.2, 0.25) is 0 Å². The molecule has 0 saturated carbocycles. The van der Waals surface area contributed by atoms with Gasteiger partial charge in [0.1, 0.15) is 17.2 Å². The van der Waals surface area contributed by atoms with Crippen molar-refractivity contribution in [2.45, 2.75) is 76.5 Å². The first-order valence-electron chi connectivity index (χ1n) is 17.2. The molecule has 0 aliphatic carbocycles. The van der Waals surface area contributed by atoms with Gasteiger partial charge in [0.25, 0.3) is 5.91 Å². The van der Waals surface area contributed by atoms with Crippen molar-refractivity contribution in [1.29, 1.82) is 0 Å². The van der Waals surface area contributed by atoms with Gasteiger partial charge in [0.05, 0.1) is 24.5 Å². The first-order valence-corrected chi connectivity index (χ1v) is 17.2. The molecule has 11 N–H and O–H groups in total. The number of carbonyl (C=O) groups is 1. The summed E-state index contributed by atoms with van der Waals surface area (Å²) in [7, 11) is 0. The molecule has 2 saturated heterocycles. The Bertz CT molecular complexity index is 1500. The quantitative estimate of drug-likeness (QED) is 0.0961. The number of hydrogen-bond acceptors (Lipinski definition) is 14. The number of hydrogen-bond donors (Lipinski definition) is 7. The van der Waals surface area contributed by atoms with E-state index in [1.165, 1.54) is 6.07 Å². The van der Waals surface area contributed by atoms with E-state index in [4.69, 9.17) is 37.4 Å². The third-order valence-electron chi connectivity index (χ3n) is 8.43. The van der Waals surface area contributed by atoms with Crippen LogP contribution in [-0.2, 0) is 0 Å².